The van der Waals surface area contributed by atoms with Gasteiger partial charge in [-0.1, -0.05) is 17.3 Å². The van der Waals surface area contributed by atoms with E-state index in [1.807, 2.05) is 18.2 Å². The number of nitrogens with zero attached hydrogens (tertiary/aromatic N) is 3. The molecule has 0 bridgehead atoms. The Labute approximate surface area is 134 Å². The molecule has 2 N–H and O–H groups in total. The second kappa shape index (κ2) is 6.78. The van der Waals surface area contributed by atoms with Crippen LogP contribution in [0.4, 0.5) is 5.69 Å². The van der Waals surface area contributed by atoms with Crippen LogP contribution in [-0.2, 0) is 6.54 Å². The largest absolute Gasteiger partial charge is 0.391 e. The third-order valence-electron chi connectivity index (χ3n) is 3.84. The fraction of sp³-hybridized carbons (Fsp3) is 0.438. The molecule has 1 atom stereocenters. The van der Waals surface area contributed by atoms with Crippen molar-refractivity contribution in [1.29, 1.82) is 0 Å². The van der Waals surface area contributed by atoms with Gasteiger partial charge in [-0.2, -0.15) is 4.98 Å². The standard InChI is InChI=1S/C16H20N4O3/c1-11-18-15(23-19-11)9-17-14-7-3-2-6-13(14)16(22)20-8-4-5-12(21)10-20/h2-3,6-7,12,17,21H,4-5,8-10H2,1H3/t12-/m1/s1. The summed E-state index contributed by atoms with van der Waals surface area (Å²) in [7, 11) is 0. The molecule has 0 unspecified atom stereocenters. The molecule has 0 radical (unpaired) electrons. The molecule has 7 nitrogen and oxygen atoms in total. The summed E-state index contributed by atoms with van der Waals surface area (Å²) >= 11 is 0. The van der Waals surface area contributed by atoms with Crippen LogP contribution in [0.5, 0.6) is 0 Å². The zero-order chi connectivity index (χ0) is 16.2. The molecule has 1 aliphatic heterocycles. The van der Waals surface area contributed by atoms with Gasteiger partial charge in [0.2, 0.25) is 5.89 Å². The Morgan fingerprint density at radius 2 is 2.30 bits per heavy atom. The van der Waals surface area contributed by atoms with E-state index < -0.39 is 6.10 Å². The Morgan fingerprint density at radius 1 is 1.48 bits per heavy atom. The van der Waals surface area contributed by atoms with Crippen LogP contribution in [0.15, 0.2) is 28.8 Å². The number of aromatic nitrogens is 2. The van der Waals surface area contributed by atoms with Crippen molar-refractivity contribution < 1.29 is 14.4 Å². The third-order valence-corrected chi connectivity index (χ3v) is 3.84. The number of aliphatic hydroxyl groups excluding tert-OH is 1. The number of hydrogen-bond acceptors (Lipinski definition) is 6. The number of carbonyl (C=O) groups excluding carboxylic acids is 1. The lowest BCUT2D eigenvalue weighted by molar-refractivity contribution is 0.0474. The van der Waals surface area contributed by atoms with Gasteiger partial charge in [0.25, 0.3) is 5.91 Å². The lowest BCUT2D eigenvalue weighted by atomic mass is 10.1. The summed E-state index contributed by atoms with van der Waals surface area (Å²) < 4.78 is 5.06. The lowest BCUT2D eigenvalue weighted by Gasteiger charge is -2.30. The predicted molar refractivity (Wildman–Crippen MR) is 83.9 cm³/mol. The van der Waals surface area contributed by atoms with E-state index in [0.717, 1.165) is 12.8 Å². The molecular formula is C16H20N4O3. The Hall–Kier alpha value is -2.41. The van der Waals surface area contributed by atoms with E-state index >= 15 is 0 Å². The molecule has 23 heavy (non-hydrogen) atoms. The van der Waals surface area contributed by atoms with Gasteiger partial charge in [-0.15, -0.1) is 0 Å². The van der Waals surface area contributed by atoms with Crippen molar-refractivity contribution in [2.75, 3.05) is 18.4 Å². The number of benzene rings is 1. The van der Waals surface area contributed by atoms with E-state index in [-0.39, 0.29) is 5.91 Å². The van der Waals surface area contributed by atoms with Crippen LogP contribution in [0.2, 0.25) is 0 Å². The molecule has 1 aromatic heterocycles. The summed E-state index contributed by atoms with van der Waals surface area (Å²) in [5.74, 6) is 0.972. The maximum absolute atomic E-state index is 12.7. The first-order valence-corrected chi connectivity index (χ1v) is 7.73. The van der Waals surface area contributed by atoms with Crippen molar-refractivity contribution >= 4 is 11.6 Å². The van der Waals surface area contributed by atoms with Crippen molar-refractivity contribution in [1.82, 2.24) is 15.0 Å². The van der Waals surface area contributed by atoms with Gasteiger partial charge in [-0.25, -0.2) is 0 Å². The van der Waals surface area contributed by atoms with E-state index in [1.54, 1.807) is 17.9 Å². The molecule has 2 heterocycles. The number of piperidine rings is 1. The average molecular weight is 316 g/mol. The van der Waals surface area contributed by atoms with E-state index in [1.165, 1.54) is 0 Å². The molecule has 2 aromatic rings. The molecule has 1 amide bonds. The predicted octanol–water partition coefficient (Wildman–Crippen LogP) is 1.59. The number of aryl methyl sites for hydroxylation is 1. The van der Waals surface area contributed by atoms with Gasteiger partial charge >= 0.3 is 0 Å². The molecule has 3 rings (SSSR count). The second-order valence-electron chi connectivity index (χ2n) is 5.68. The summed E-state index contributed by atoms with van der Waals surface area (Å²) in [6.07, 6.45) is 1.14. The van der Waals surface area contributed by atoms with Gasteiger partial charge in [0.1, 0.15) is 0 Å². The highest BCUT2D eigenvalue weighted by Gasteiger charge is 2.24. The number of hydrogen-bond donors (Lipinski definition) is 2. The number of likely N-dealkylation sites (tertiary alicyclic amines) is 1. The molecule has 0 aliphatic carbocycles. The second-order valence-corrected chi connectivity index (χ2v) is 5.68. The smallest absolute Gasteiger partial charge is 0.256 e. The fourth-order valence-electron chi connectivity index (χ4n) is 2.72. The van der Waals surface area contributed by atoms with Crippen LogP contribution in [0.25, 0.3) is 0 Å². The summed E-state index contributed by atoms with van der Waals surface area (Å²) in [6.45, 7) is 3.17. The van der Waals surface area contributed by atoms with Crippen LogP contribution in [-0.4, -0.2) is 45.2 Å². The van der Waals surface area contributed by atoms with Crippen molar-refractivity contribution in [2.24, 2.45) is 0 Å². The fourth-order valence-corrected chi connectivity index (χ4v) is 2.72. The van der Waals surface area contributed by atoms with Crippen LogP contribution >= 0.6 is 0 Å². The van der Waals surface area contributed by atoms with E-state index in [2.05, 4.69) is 15.5 Å². The minimum Gasteiger partial charge on any atom is -0.391 e. The molecule has 1 aliphatic rings. The average Bonchev–Trinajstić information content (AvgIpc) is 2.98. The quantitative estimate of drug-likeness (QED) is 0.890. The molecular weight excluding hydrogens is 296 g/mol. The van der Waals surface area contributed by atoms with E-state index in [4.69, 9.17) is 4.52 Å². The highest BCUT2D eigenvalue weighted by molar-refractivity contribution is 5.99. The highest BCUT2D eigenvalue weighted by atomic mass is 16.5. The lowest BCUT2D eigenvalue weighted by Crippen LogP contribution is -2.42. The zero-order valence-corrected chi connectivity index (χ0v) is 13.0. The number of amides is 1. The summed E-state index contributed by atoms with van der Waals surface area (Å²) in [5, 5.41) is 16.7. The summed E-state index contributed by atoms with van der Waals surface area (Å²) in [6, 6.07) is 7.32. The van der Waals surface area contributed by atoms with Crippen molar-refractivity contribution in [2.45, 2.75) is 32.4 Å². The highest BCUT2D eigenvalue weighted by Crippen LogP contribution is 2.20. The monoisotopic (exact) mass is 316 g/mol. The van der Waals surface area contributed by atoms with Crippen molar-refractivity contribution in [3.8, 4) is 0 Å². The molecule has 1 saturated heterocycles. The first-order chi connectivity index (χ1) is 11.1. The molecule has 1 aromatic carbocycles. The van der Waals surface area contributed by atoms with Crippen molar-refractivity contribution in [3.63, 3.8) is 0 Å². The van der Waals surface area contributed by atoms with Crippen LogP contribution in [0.3, 0.4) is 0 Å². The van der Waals surface area contributed by atoms with E-state index in [0.29, 0.717) is 42.6 Å². The van der Waals surface area contributed by atoms with Crippen molar-refractivity contribution in [3.05, 3.63) is 41.5 Å². The topological polar surface area (TPSA) is 91.5 Å². The Morgan fingerprint density at radius 3 is 3.04 bits per heavy atom. The minimum absolute atomic E-state index is 0.0754. The normalized spacial score (nSPS) is 18.0. The van der Waals surface area contributed by atoms with Crippen LogP contribution in [0, 0.1) is 6.92 Å². The zero-order valence-electron chi connectivity index (χ0n) is 13.0. The number of aliphatic hydroxyl groups is 1. The minimum atomic E-state index is -0.436. The van der Waals surface area contributed by atoms with Crippen LogP contribution < -0.4 is 5.32 Å². The Bertz CT molecular complexity index is 685. The maximum atomic E-state index is 12.7. The van der Waals surface area contributed by atoms with Gasteiger partial charge in [-0.05, 0) is 31.9 Å². The molecule has 0 saturated carbocycles. The number of β-amino-alcohol motifs (C(OH)–C–C–N with tert-alkyl or cyclic N) is 1. The van der Waals surface area contributed by atoms with Gasteiger partial charge in [0.05, 0.1) is 18.2 Å². The van der Waals surface area contributed by atoms with Gasteiger partial charge in [-0.3, -0.25) is 4.79 Å². The Balaban J connectivity index is 1.73. The van der Waals surface area contributed by atoms with Gasteiger partial charge < -0.3 is 19.8 Å². The third kappa shape index (κ3) is 3.68. The molecule has 1 fully saturated rings. The van der Waals surface area contributed by atoms with Gasteiger partial charge in [0.15, 0.2) is 5.82 Å². The summed E-state index contributed by atoms with van der Waals surface area (Å²) in [5.41, 5.74) is 1.30. The molecule has 7 heteroatoms. The van der Waals surface area contributed by atoms with Crippen LogP contribution in [0.1, 0.15) is 34.9 Å². The number of carbonyl (C=O) groups is 1. The number of nitrogens with one attached hydrogen (secondary N) is 1. The van der Waals surface area contributed by atoms with E-state index in [9.17, 15) is 9.90 Å². The number of rotatable bonds is 4. The maximum Gasteiger partial charge on any atom is 0.256 e. The summed E-state index contributed by atoms with van der Waals surface area (Å²) in [4.78, 5) is 18.5. The number of anilines is 1. The molecule has 122 valence electrons. The molecule has 0 spiro atoms. The van der Waals surface area contributed by atoms with Gasteiger partial charge in [0, 0.05) is 18.8 Å². The number of para-hydroxylation sites is 1. The first-order valence-electron chi connectivity index (χ1n) is 7.73. The SMILES string of the molecule is Cc1noc(CNc2ccccc2C(=O)N2CCC[C@@H](O)C2)n1. The Kier molecular flexibility index (Phi) is 4.57. The first kappa shape index (κ1) is 15.5.